The molecule has 0 amide bonds. The first-order valence-corrected chi connectivity index (χ1v) is 10.8. The molecule has 0 N–H and O–H groups in total. The average Bonchev–Trinajstić information content (AvgIpc) is 2.49. The van der Waals surface area contributed by atoms with E-state index in [9.17, 15) is 8.42 Å². The zero-order chi connectivity index (χ0) is 16.4. The summed E-state index contributed by atoms with van der Waals surface area (Å²) in [6, 6.07) is 6.96. The molecule has 0 aromatic heterocycles. The molecular formula is C18H29ClO2S. The van der Waals surface area contributed by atoms with E-state index in [1.165, 1.54) is 56.9 Å². The predicted molar refractivity (Wildman–Crippen MR) is 95.1 cm³/mol. The highest BCUT2D eigenvalue weighted by atomic mass is 35.7. The minimum atomic E-state index is -3.61. The fourth-order valence-electron chi connectivity index (χ4n) is 2.71. The summed E-state index contributed by atoms with van der Waals surface area (Å²) in [5.74, 6) is 0.465. The van der Waals surface area contributed by atoms with E-state index in [4.69, 9.17) is 10.7 Å². The molecule has 1 rings (SSSR count). The summed E-state index contributed by atoms with van der Waals surface area (Å²) in [5, 5.41) is 0. The molecule has 0 saturated carbocycles. The van der Waals surface area contributed by atoms with E-state index in [1.807, 2.05) is 12.1 Å². The van der Waals surface area contributed by atoms with Crippen LogP contribution < -0.4 is 0 Å². The summed E-state index contributed by atoms with van der Waals surface area (Å²) in [4.78, 5) is 0.178. The Balaban J connectivity index is 2.24. The van der Waals surface area contributed by atoms with Crippen LogP contribution in [0.1, 0.15) is 83.1 Å². The monoisotopic (exact) mass is 344 g/mol. The van der Waals surface area contributed by atoms with Crippen molar-refractivity contribution in [2.45, 2.75) is 82.4 Å². The second-order valence-corrected chi connectivity index (χ2v) is 8.74. The maximum Gasteiger partial charge on any atom is 0.261 e. The third-order valence-electron chi connectivity index (χ3n) is 4.22. The first-order chi connectivity index (χ1) is 10.4. The van der Waals surface area contributed by atoms with Crippen LogP contribution >= 0.6 is 10.7 Å². The molecule has 0 bridgehead atoms. The first kappa shape index (κ1) is 19.5. The second-order valence-electron chi connectivity index (χ2n) is 6.17. The van der Waals surface area contributed by atoms with Gasteiger partial charge < -0.3 is 0 Å². The molecule has 0 aliphatic rings. The fraction of sp³-hybridized carbons (Fsp3) is 0.667. The molecule has 1 unspecified atom stereocenters. The Kier molecular flexibility index (Phi) is 9.11. The van der Waals surface area contributed by atoms with Gasteiger partial charge in [0.05, 0.1) is 4.90 Å². The summed E-state index contributed by atoms with van der Waals surface area (Å²) in [6.45, 7) is 4.45. The second kappa shape index (κ2) is 10.3. The molecule has 126 valence electrons. The molecule has 1 aromatic carbocycles. The van der Waals surface area contributed by atoms with Gasteiger partial charge in [-0.15, -0.1) is 0 Å². The number of halogens is 1. The lowest BCUT2D eigenvalue weighted by Crippen LogP contribution is -1.96. The van der Waals surface area contributed by atoms with E-state index in [1.54, 1.807) is 12.1 Å². The molecule has 4 heteroatoms. The van der Waals surface area contributed by atoms with Gasteiger partial charge in [-0.3, -0.25) is 0 Å². The van der Waals surface area contributed by atoms with Crippen molar-refractivity contribution in [3.8, 4) is 0 Å². The van der Waals surface area contributed by atoms with Crippen LogP contribution in [0.15, 0.2) is 29.2 Å². The Morgan fingerprint density at radius 1 is 0.909 bits per heavy atom. The summed E-state index contributed by atoms with van der Waals surface area (Å²) in [7, 11) is 1.72. The Labute approximate surface area is 140 Å². The lowest BCUT2D eigenvalue weighted by atomic mass is 9.95. The summed E-state index contributed by atoms with van der Waals surface area (Å²) < 4.78 is 22.4. The van der Waals surface area contributed by atoms with Crippen LogP contribution in [0.3, 0.4) is 0 Å². The first-order valence-electron chi connectivity index (χ1n) is 8.49. The maximum absolute atomic E-state index is 11.2. The van der Waals surface area contributed by atoms with E-state index in [2.05, 4.69) is 13.8 Å². The standard InChI is InChI=1S/C18H29ClO2S/c1-3-4-5-6-7-8-9-10-11-16(2)17-12-14-18(15-13-17)22(19,20)21/h12-16H,3-11H2,1-2H3. The van der Waals surface area contributed by atoms with Crippen molar-refractivity contribution in [1.82, 2.24) is 0 Å². The highest BCUT2D eigenvalue weighted by molar-refractivity contribution is 8.13. The van der Waals surface area contributed by atoms with Gasteiger partial charge in [0, 0.05) is 10.7 Å². The van der Waals surface area contributed by atoms with Crippen LogP contribution in [0.2, 0.25) is 0 Å². The van der Waals surface area contributed by atoms with Crippen LogP contribution in [0.5, 0.6) is 0 Å². The predicted octanol–water partition coefficient (Wildman–Crippen LogP) is 6.25. The van der Waals surface area contributed by atoms with E-state index in [0.29, 0.717) is 5.92 Å². The van der Waals surface area contributed by atoms with E-state index in [0.717, 1.165) is 6.42 Å². The Morgan fingerprint density at radius 2 is 1.41 bits per heavy atom. The van der Waals surface area contributed by atoms with Gasteiger partial charge in [-0.25, -0.2) is 8.42 Å². The molecule has 1 aromatic rings. The largest absolute Gasteiger partial charge is 0.261 e. The zero-order valence-corrected chi connectivity index (χ0v) is 15.4. The van der Waals surface area contributed by atoms with Crippen LogP contribution in [0.4, 0.5) is 0 Å². The number of hydrogen-bond donors (Lipinski definition) is 0. The number of rotatable bonds is 11. The minimum Gasteiger partial charge on any atom is -0.207 e. The Hall–Kier alpha value is -0.540. The third kappa shape index (κ3) is 7.64. The number of unbranched alkanes of at least 4 members (excludes halogenated alkanes) is 7. The van der Waals surface area contributed by atoms with Gasteiger partial charge in [-0.1, -0.05) is 77.3 Å². The van der Waals surface area contributed by atoms with Crippen LogP contribution in [0, 0.1) is 0 Å². The Bertz CT molecular complexity index is 508. The number of benzene rings is 1. The summed E-state index contributed by atoms with van der Waals surface area (Å²) in [6.07, 6.45) is 11.8. The summed E-state index contributed by atoms with van der Waals surface area (Å²) >= 11 is 0. The zero-order valence-electron chi connectivity index (χ0n) is 13.9. The van der Waals surface area contributed by atoms with Gasteiger partial charge in [0.15, 0.2) is 0 Å². The summed E-state index contributed by atoms with van der Waals surface area (Å²) in [5.41, 5.74) is 1.19. The molecule has 0 fully saturated rings. The van der Waals surface area contributed by atoms with E-state index >= 15 is 0 Å². The quantitative estimate of drug-likeness (QED) is 0.351. The molecule has 22 heavy (non-hydrogen) atoms. The van der Waals surface area contributed by atoms with Gasteiger partial charge in [0.2, 0.25) is 0 Å². The van der Waals surface area contributed by atoms with Crippen molar-refractivity contribution in [2.24, 2.45) is 0 Å². The van der Waals surface area contributed by atoms with Crippen molar-refractivity contribution in [3.05, 3.63) is 29.8 Å². The highest BCUT2D eigenvalue weighted by Gasteiger charge is 2.11. The van der Waals surface area contributed by atoms with Gasteiger partial charge in [0.25, 0.3) is 9.05 Å². The van der Waals surface area contributed by atoms with Crippen molar-refractivity contribution in [2.75, 3.05) is 0 Å². The molecule has 0 saturated heterocycles. The van der Waals surface area contributed by atoms with Crippen LogP contribution in [0.25, 0.3) is 0 Å². The maximum atomic E-state index is 11.2. The van der Waals surface area contributed by atoms with Crippen LogP contribution in [-0.4, -0.2) is 8.42 Å². The molecule has 0 spiro atoms. The topological polar surface area (TPSA) is 34.1 Å². The molecular weight excluding hydrogens is 316 g/mol. The SMILES string of the molecule is CCCCCCCCCCC(C)c1ccc(S(=O)(=O)Cl)cc1. The van der Waals surface area contributed by atoms with E-state index in [-0.39, 0.29) is 4.90 Å². The van der Waals surface area contributed by atoms with Gasteiger partial charge in [-0.2, -0.15) is 0 Å². The lowest BCUT2D eigenvalue weighted by Gasteiger charge is -2.12. The van der Waals surface area contributed by atoms with Crippen LogP contribution in [-0.2, 0) is 9.05 Å². The van der Waals surface area contributed by atoms with E-state index < -0.39 is 9.05 Å². The molecule has 0 aliphatic carbocycles. The molecule has 0 radical (unpaired) electrons. The van der Waals surface area contributed by atoms with Gasteiger partial charge >= 0.3 is 0 Å². The van der Waals surface area contributed by atoms with Crippen molar-refractivity contribution < 1.29 is 8.42 Å². The Morgan fingerprint density at radius 3 is 1.91 bits per heavy atom. The fourth-order valence-corrected chi connectivity index (χ4v) is 3.48. The van der Waals surface area contributed by atoms with Gasteiger partial charge in [-0.05, 0) is 30.0 Å². The molecule has 1 atom stereocenters. The highest BCUT2D eigenvalue weighted by Crippen LogP contribution is 2.24. The van der Waals surface area contributed by atoms with Crippen molar-refractivity contribution in [3.63, 3.8) is 0 Å². The number of hydrogen-bond acceptors (Lipinski definition) is 2. The van der Waals surface area contributed by atoms with Crippen molar-refractivity contribution in [1.29, 1.82) is 0 Å². The minimum absolute atomic E-state index is 0.178. The molecule has 0 aliphatic heterocycles. The van der Waals surface area contributed by atoms with Crippen molar-refractivity contribution >= 4 is 19.7 Å². The lowest BCUT2D eigenvalue weighted by molar-refractivity contribution is 0.543. The molecule has 0 heterocycles. The third-order valence-corrected chi connectivity index (χ3v) is 5.59. The van der Waals surface area contributed by atoms with Gasteiger partial charge in [0.1, 0.15) is 0 Å². The normalized spacial score (nSPS) is 13.2. The smallest absolute Gasteiger partial charge is 0.207 e. The average molecular weight is 345 g/mol. The molecule has 2 nitrogen and oxygen atoms in total.